The van der Waals surface area contributed by atoms with Gasteiger partial charge in [0.05, 0.1) is 16.3 Å². The van der Waals surface area contributed by atoms with Crippen LogP contribution in [-0.4, -0.2) is 21.9 Å². The number of rotatable bonds is 2. The van der Waals surface area contributed by atoms with Gasteiger partial charge in [0.25, 0.3) is 5.56 Å². The van der Waals surface area contributed by atoms with Crippen LogP contribution in [0.1, 0.15) is 49.9 Å². The lowest BCUT2D eigenvalue weighted by atomic mass is 9.84. The van der Waals surface area contributed by atoms with Crippen molar-refractivity contribution < 1.29 is 0 Å². The summed E-state index contributed by atoms with van der Waals surface area (Å²) in [5.41, 5.74) is 2.67. The molecule has 1 aromatic carbocycles. The van der Waals surface area contributed by atoms with E-state index in [2.05, 4.69) is 37.8 Å². The van der Waals surface area contributed by atoms with E-state index in [-0.39, 0.29) is 11.7 Å². The highest BCUT2D eigenvalue weighted by Gasteiger charge is 2.32. The van der Waals surface area contributed by atoms with E-state index in [1.54, 1.807) is 11.5 Å². The molecule has 1 saturated carbocycles. The SMILES string of the molecule is Cc1cc2sn(C(C)N3CC4CCC(CC4)C3)c(=O)c2cc1C. The molecule has 2 aliphatic heterocycles. The molecule has 0 N–H and O–H groups in total. The second kappa shape index (κ2) is 5.75. The van der Waals surface area contributed by atoms with E-state index in [9.17, 15) is 4.79 Å². The van der Waals surface area contributed by atoms with Crippen molar-refractivity contribution >= 4 is 21.6 Å². The number of aromatic nitrogens is 1. The summed E-state index contributed by atoms with van der Waals surface area (Å²) in [4.78, 5) is 15.4. The molecule has 1 unspecified atom stereocenters. The number of hydrogen-bond donors (Lipinski definition) is 0. The van der Waals surface area contributed by atoms with Crippen LogP contribution in [0.2, 0.25) is 0 Å². The third-order valence-corrected chi connectivity index (χ3v) is 7.24. The zero-order valence-electron chi connectivity index (χ0n) is 14.3. The summed E-state index contributed by atoms with van der Waals surface area (Å²) in [6, 6.07) is 4.24. The van der Waals surface area contributed by atoms with Gasteiger partial charge in [-0.05, 0) is 81.5 Å². The minimum atomic E-state index is 0.182. The molecule has 1 atom stereocenters. The van der Waals surface area contributed by atoms with E-state index < -0.39 is 0 Å². The summed E-state index contributed by atoms with van der Waals surface area (Å²) in [5, 5.41) is 0.891. The van der Waals surface area contributed by atoms with E-state index in [0.29, 0.717) is 0 Å². The molecule has 0 radical (unpaired) electrons. The van der Waals surface area contributed by atoms with Gasteiger partial charge in [0, 0.05) is 13.1 Å². The summed E-state index contributed by atoms with van der Waals surface area (Å²) in [7, 11) is 0. The topological polar surface area (TPSA) is 25.2 Å². The smallest absolute Gasteiger partial charge is 0.270 e. The predicted octanol–water partition coefficient (Wildman–Crippen LogP) is 4.32. The second-order valence-corrected chi connectivity index (χ2v) is 8.64. The van der Waals surface area contributed by atoms with E-state index in [4.69, 9.17) is 0 Å². The maximum atomic E-state index is 12.9. The molecule has 5 rings (SSSR count). The van der Waals surface area contributed by atoms with Gasteiger partial charge >= 0.3 is 0 Å². The molecule has 3 heterocycles. The van der Waals surface area contributed by atoms with Crippen molar-refractivity contribution in [3.63, 3.8) is 0 Å². The fourth-order valence-corrected chi connectivity index (χ4v) is 5.49. The lowest BCUT2D eigenvalue weighted by Crippen LogP contribution is -2.36. The maximum absolute atomic E-state index is 12.9. The van der Waals surface area contributed by atoms with Crippen LogP contribution in [-0.2, 0) is 0 Å². The van der Waals surface area contributed by atoms with Gasteiger partial charge in [-0.2, -0.15) is 0 Å². The lowest BCUT2D eigenvalue weighted by molar-refractivity contribution is 0.147. The zero-order valence-corrected chi connectivity index (χ0v) is 15.2. The van der Waals surface area contributed by atoms with Crippen LogP contribution < -0.4 is 5.56 Å². The summed E-state index contributed by atoms with van der Waals surface area (Å²) >= 11 is 1.64. The largest absolute Gasteiger partial charge is 0.282 e. The van der Waals surface area contributed by atoms with E-state index in [0.717, 1.165) is 35.0 Å². The van der Waals surface area contributed by atoms with Crippen molar-refractivity contribution in [3.05, 3.63) is 33.6 Å². The molecule has 3 fully saturated rings. The standard InChI is InChI=1S/C19H26N2OS/c1-12-8-17-18(9-13(12)2)23-21(19(17)22)14(3)20-10-15-4-5-16(11-20)7-6-15/h8-9,14-16H,4-7,10-11H2,1-3H3. The summed E-state index contributed by atoms with van der Waals surface area (Å²) < 4.78 is 3.14. The Hall–Kier alpha value is -1.13. The Kier molecular flexibility index (Phi) is 3.85. The van der Waals surface area contributed by atoms with Gasteiger partial charge in [-0.15, -0.1) is 0 Å². The Morgan fingerprint density at radius 2 is 1.61 bits per heavy atom. The van der Waals surface area contributed by atoms with Crippen LogP contribution in [0.15, 0.2) is 16.9 Å². The third-order valence-electron chi connectivity index (χ3n) is 6.04. The monoisotopic (exact) mass is 330 g/mol. The van der Waals surface area contributed by atoms with Crippen LogP contribution in [0.5, 0.6) is 0 Å². The van der Waals surface area contributed by atoms with Crippen molar-refractivity contribution in [1.82, 2.24) is 8.86 Å². The highest BCUT2D eigenvalue weighted by atomic mass is 32.1. The van der Waals surface area contributed by atoms with Gasteiger partial charge in [-0.3, -0.25) is 9.69 Å². The molecule has 23 heavy (non-hydrogen) atoms. The average Bonchev–Trinajstić information content (AvgIpc) is 2.74. The van der Waals surface area contributed by atoms with Crippen molar-refractivity contribution in [2.75, 3.05) is 13.1 Å². The van der Waals surface area contributed by atoms with E-state index >= 15 is 0 Å². The highest BCUT2D eigenvalue weighted by molar-refractivity contribution is 7.13. The van der Waals surface area contributed by atoms with Crippen LogP contribution in [0.25, 0.3) is 10.1 Å². The molecule has 3 nitrogen and oxygen atoms in total. The lowest BCUT2D eigenvalue weighted by Gasteiger charge is -2.29. The summed E-state index contributed by atoms with van der Waals surface area (Å²) in [6.07, 6.45) is 5.71. The zero-order chi connectivity index (χ0) is 16.1. The third kappa shape index (κ3) is 2.66. The molecule has 1 aliphatic carbocycles. The van der Waals surface area contributed by atoms with Crippen molar-refractivity contribution in [2.24, 2.45) is 11.8 Å². The van der Waals surface area contributed by atoms with Crippen molar-refractivity contribution in [1.29, 1.82) is 0 Å². The predicted molar refractivity (Wildman–Crippen MR) is 97.3 cm³/mol. The Labute approximate surface area is 142 Å². The number of fused-ring (bicyclic) bond motifs is 5. The van der Waals surface area contributed by atoms with Gasteiger partial charge in [0.2, 0.25) is 0 Å². The minimum Gasteiger partial charge on any atom is -0.282 e. The first-order chi connectivity index (χ1) is 11.0. The quantitative estimate of drug-likeness (QED) is 0.819. The first kappa shape index (κ1) is 15.4. The molecule has 3 aliphatic rings. The van der Waals surface area contributed by atoms with E-state index in [1.165, 1.54) is 36.8 Å². The number of aryl methyl sites for hydroxylation is 2. The van der Waals surface area contributed by atoms with E-state index in [1.807, 2.05) is 3.96 Å². The van der Waals surface area contributed by atoms with Crippen LogP contribution in [0.3, 0.4) is 0 Å². The average molecular weight is 330 g/mol. The molecule has 2 aromatic rings. The number of benzene rings is 1. The summed E-state index contributed by atoms with van der Waals surface area (Å²) in [6.45, 7) is 8.75. The molecule has 0 spiro atoms. The van der Waals surface area contributed by atoms with Gasteiger partial charge in [-0.25, -0.2) is 3.96 Å². The van der Waals surface area contributed by atoms with Gasteiger partial charge in [0.1, 0.15) is 0 Å². The second-order valence-electron chi connectivity index (χ2n) is 7.63. The molecular weight excluding hydrogens is 304 g/mol. The fraction of sp³-hybridized carbons (Fsp3) is 0.632. The molecule has 2 saturated heterocycles. The first-order valence-electron chi connectivity index (χ1n) is 8.89. The van der Waals surface area contributed by atoms with Crippen LogP contribution >= 0.6 is 11.5 Å². The Balaban J connectivity index is 1.71. The van der Waals surface area contributed by atoms with Crippen molar-refractivity contribution in [3.8, 4) is 0 Å². The van der Waals surface area contributed by atoms with Crippen LogP contribution in [0, 0.1) is 25.7 Å². The van der Waals surface area contributed by atoms with Gasteiger partial charge < -0.3 is 0 Å². The Bertz CT molecular complexity index is 768. The molecule has 1 aromatic heterocycles. The Morgan fingerprint density at radius 3 is 2.22 bits per heavy atom. The minimum absolute atomic E-state index is 0.182. The molecule has 4 heteroatoms. The number of hydrogen-bond acceptors (Lipinski definition) is 3. The summed E-state index contributed by atoms with van der Waals surface area (Å²) in [5.74, 6) is 1.68. The Morgan fingerprint density at radius 1 is 1.04 bits per heavy atom. The molecular formula is C19H26N2OS. The molecule has 0 amide bonds. The van der Waals surface area contributed by atoms with Gasteiger partial charge in [0.15, 0.2) is 0 Å². The molecule has 124 valence electrons. The van der Waals surface area contributed by atoms with Crippen molar-refractivity contribution in [2.45, 2.75) is 52.6 Å². The van der Waals surface area contributed by atoms with Gasteiger partial charge in [-0.1, -0.05) is 11.5 Å². The number of nitrogens with zero attached hydrogens (tertiary/aromatic N) is 2. The fourth-order valence-electron chi connectivity index (χ4n) is 4.33. The van der Waals surface area contributed by atoms with Crippen LogP contribution in [0.4, 0.5) is 0 Å². The highest BCUT2D eigenvalue weighted by Crippen LogP contribution is 2.36. The first-order valence-corrected chi connectivity index (χ1v) is 9.67. The molecule has 2 bridgehead atoms. The maximum Gasteiger partial charge on any atom is 0.270 e. The normalized spacial score (nSPS) is 26.6.